The average molecular weight is 796 g/mol. The third-order valence-corrected chi connectivity index (χ3v) is 13.1. The fraction of sp³-hybridized carbons (Fsp3) is 0.619. The summed E-state index contributed by atoms with van der Waals surface area (Å²) in [5.41, 5.74) is 1.39. The minimum Gasteiger partial charge on any atom is -0.390 e. The van der Waals surface area contributed by atoms with E-state index in [0.717, 1.165) is 50.8 Å². The monoisotopic (exact) mass is 795 g/mol. The summed E-state index contributed by atoms with van der Waals surface area (Å²) in [6.45, 7) is 7.97. The van der Waals surface area contributed by atoms with Crippen molar-refractivity contribution in [2.45, 2.75) is 113 Å². The van der Waals surface area contributed by atoms with E-state index in [1.807, 2.05) is 44.2 Å². The van der Waals surface area contributed by atoms with Crippen molar-refractivity contribution < 1.29 is 37.4 Å². The van der Waals surface area contributed by atoms with E-state index in [-0.39, 0.29) is 41.7 Å². The Hall–Kier alpha value is -3.85. The normalized spacial score (nSPS) is 20.6. The minimum absolute atomic E-state index is 0.0107. The molecule has 2 aliphatic heterocycles. The SMILES string of the molecule is CC(C)C[C@H](NC(=O)[C@H](Cc1ccccc1)NC(=O)CC1CS(=O)(=O)c2ccccc21)C(=O)N[C@@H](CC1CCCCC1)[C@@H](O)CC(=O)NCCN1CCOCC1. The van der Waals surface area contributed by atoms with Crippen LogP contribution in [0.15, 0.2) is 59.5 Å². The van der Waals surface area contributed by atoms with Crippen LogP contribution < -0.4 is 21.3 Å². The lowest BCUT2D eigenvalue weighted by Gasteiger charge is -2.32. The maximum Gasteiger partial charge on any atom is 0.243 e. The molecule has 14 heteroatoms. The van der Waals surface area contributed by atoms with Gasteiger partial charge in [0, 0.05) is 44.9 Å². The predicted molar refractivity (Wildman–Crippen MR) is 213 cm³/mol. The number of carbonyl (C=O) groups excluding carboxylic acids is 4. The Balaban J connectivity index is 1.26. The number of carbonyl (C=O) groups is 4. The van der Waals surface area contributed by atoms with Gasteiger partial charge in [-0.25, -0.2) is 8.42 Å². The van der Waals surface area contributed by atoms with Crippen molar-refractivity contribution >= 4 is 33.5 Å². The van der Waals surface area contributed by atoms with Crippen LogP contribution in [0.5, 0.6) is 0 Å². The van der Waals surface area contributed by atoms with Gasteiger partial charge in [-0.3, -0.25) is 24.1 Å². The molecule has 56 heavy (non-hydrogen) atoms. The number of hydrogen-bond donors (Lipinski definition) is 5. The lowest BCUT2D eigenvalue weighted by molar-refractivity contribution is -0.133. The zero-order valence-electron chi connectivity index (χ0n) is 32.9. The number of aliphatic hydroxyl groups excluding tert-OH is 1. The first-order chi connectivity index (χ1) is 26.9. The summed E-state index contributed by atoms with van der Waals surface area (Å²) in [4.78, 5) is 57.2. The lowest BCUT2D eigenvalue weighted by atomic mass is 9.83. The molecular weight excluding hydrogens is 735 g/mol. The number of ether oxygens (including phenoxy) is 1. The molecule has 2 heterocycles. The highest BCUT2D eigenvalue weighted by Crippen LogP contribution is 2.36. The molecule has 0 bridgehead atoms. The lowest BCUT2D eigenvalue weighted by Crippen LogP contribution is -2.57. The Morgan fingerprint density at radius 3 is 2.25 bits per heavy atom. The molecule has 13 nitrogen and oxygen atoms in total. The first-order valence-corrected chi connectivity index (χ1v) is 22.0. The molecule has 2 aromatic carbocycles. The van der Waals surface area contributed by atoms with Crippen LogP contribution in [0.25, 0.3) is 0 Å². The molecule has 5 atom stereocenters. The van der Waals surface area contributed by atoms with Gasteiger partial charge in [-0.2, -0.15) is 0 Å². The van der Waals surface area contributed by atoms with Crippen molar-refractivity contribution in [3.05, 3.63) is 65.7 Å². The first-order valence-electron chi connectivity index (χ1n) is 20.4. The van der Waals surface area contributed by atoms with E-state index in [1.165, 1.54) is 0 Å². The second kappa shape index (κ2) is 21.1. The fourth-order valence-corrected chi connectivity index (χ4v) is 10.1. The summed E-state index contributed by atoms with van der Waals surface area (Å²) >= 11 is 0. The number of sulfone groups is 1. The molecule has 0 spiro atoms. The van der Waals surface area contributed by atoms with Crippen LogP contribution in [0, 0.1) is 11.8 Å². The molecule has 2 aromatic rings. The fourth-order valence-electron chi connectivity index (χ4n) is 8.19. The quantitative estimate of drug-likeness (QED) is 0.143. The molecule has 5 N–H and O–H groups in total. The summed E-state index contributed by atoms with van der Waals surface area (Å²) in [7, 11) is -3.52. The van der Waals surface area contributed by atoms with Crippen LogP contribution in [0.3, 0.4) is 0 Å². The predicted octanol–water partition coefficient (Wildman–Crippen LogP) is 2.86. The van der Waals surface area contributed by atoms with Crippen LogP contribution in [0.2, 0.25) is 0 Å². The number of fused-ring (bicyclic) bond motifs is 1. The Bertz CT molecular complexity index is 1710. The van der Waals surface area contributed by atoms with E-state index in [9.17, 15) is 32.7 Å². The molecule has 3 aliphatic rings. The second-order valence-corrected chi connectivity index (χ2v) is 18.2. The van der Waals surface area contributed by atoms with E-state index in [2.05, 4.69) is 26.2 Å². The maximum atomic E-state index is 14.1. The van der Waals surface area contributed by atoms with Crippen molar-refractivity contribution in [3.8, 4) is 0 Å². The first kappa shape index (κ1) is 43.3. The van der Waals surface area contributed by atoms with Crippen LogP contribution >= 0.6 is 0 Å². The molecule has 1 aliphatic carbocycles. The summed E-state index contributed by atoms with van der Waals surface area (Å²) in [5, 5.41) is 23.1. The molecule has 4 amide bonds. The molecule has 1 saturated heterocycles. The standard InChI is InChI=1S/C42H61N5O8S/c1-29(2)23-35(41(51)45-34(24-30-11-5-3-6-12-30)37(48)27-39(49)43-17-18-47-19-21-55-22-20-47)46-42(52)36(25-31-13-7-4-8-14-31)44-40(50)26-32-28-56(53,54)38-16-10-9-15-33(32)38/h4,7-10,13-16,29-30,32,34-37,48H,3,5-6,11-12,17-28H2,1-2H3,(H,43,49)(H,44,50)(H,45,51)(H,46,52)/t32?,34-,35-,36-,37-/m0/s1. The molecule has 0 radical (unpaired) electrons. The van der Waals surface area contributed by atoms with Gasteiger partial charge in [-0.15, -0.1) is 0 Å². The van der Waals surface area contributed by atoms with Gasteiger partial charge in [0.15, 0.2) is 9.84 Å². The largest absolute Gasteiger partial charge is 0.390 e. The molecular formula is C42H61N5O8S. The number of amides is 4. The second-order valence-electron chi connectivity index (χ2n) is 16.2. The van der Waals surface area contributed by atoms with Gasteiger partial charge in [-0.1, -0.05) is 94.5 Å². The number of nitrogens with zero attached hydrogens (tertiary/aromatic N) is 1. The Morgan fingerprint density at radius 2 is 1.54 bits per heavy atom. The van der Waals surface area contributed by atoms with Crippen LogP contribution in [0.4, 0.5) is 0 Å². The van der Waals surface area contributed by atoms with Gasteiger partial charge >= 0.3 is 0 Å². The zero-order chi connectivity index (χ0) is 40.1. The molecule has 2 fully saturated rings. The molecule has 1 unspecified atom stereocenters. The number of aliphatic hydroxyl groups is 1. The summed E-state index contributed by atoms with van der Waals surface area (Å²) in [5.74, 6) is -2.20. The third-order valence-electron chi connectivity index (χ3n) is 11.2. The van der Waals surface area contributed by atoms with Gasteiger partial charge < -0.3 is 31.1 Å². The van der Waals surface area contributed by atoms with Gasteiger partial charge in [0.1, 0.15) is 12.1 Å². The van der Waals surface area contributed by atoms with Crippen molar-refractivity contribution in [3.63, 3.8) is 0 Å². The van der Waals surface area contributed by atoms with Crippen molar-refractivity contribution in [2.24, 2.45) is 11.8 Å². The summed E-state index contributed by atoms with van der Waals surface area (Å²) in [6, 6.07) is 13.2. The Morgan fingerprint density at radius 1 is 0.857 bits per heavy atom. The van der Waals surface area contributed by atoms with Crippen molar-refractivity contribution in [2.75, 3.05) is 45.1 Å². The number of morpholine rings is 1. The molecule has 1 saturated carbocycles. The number of rotatable bonds is 19. The summed E-state index contributed by atoms with van der Waals surface area (Å²) < 4.78 is 31.0. The highest BCUT2D eigenvalue weighted by atomic mass is 32.2. The third kappa shape index (κ3) is 13.1. The minimum atomic E-state index is -3.52. The van der Waals surface area contributed by atoms with Gasteiger partial charge in [0.2, 0.25) is 23.6 Å². The Labute approximate surface area is 332 Å². The van der Waals surface area contributed by atoms with E-state index in [1.54, 1.807) is 24.3 Å². The molecule has 5 rings (SSSR count). The van der Waals surface area contributed by atoms with E-state index >= 15 is 0 Å². The smallest absolute Gasteiger partial charge is 0.243 e. The number of nitrogens with one attached hydrogen (secondary N) is 4. The zero-order valence-corrected chi connectivity index (χ0v) is 33.7. The Kier molecular flexibility index (Phi) is 16.3. The van der Waals surface area contributed by atoms with E-state index < -0.39 is 57.7 Å². The highest BCUT2D eigenvalue weighted by molar-refractivity contribution is 7.91. The van der Waals surface area contributed by atoms with Crippen LogP contribution in [-0.4, -0.2) is 111 Å². The van der Waals surface area contributed by atoms with Gasteiger partial charge in [-0.05, 0) is 41.9 Å². The molecule has 0 aromatic heterocycles. The summed E-state index contributed by atoms with van der Waals surface area (Å²) in [6.07, 6.45) is 4.82. The topological polar surface area (TPSA) is 183 Å². The van der Waals surface area contributed by atoms with Crippen molar-refractivity contribution in [1.29, 1.82) is 0 Å². The maximum absolute atomic E-state index is 14.1. The highest BCUT2D eigenvalue weighted by Gasteiger charge is 2.37. The average Bonchev–Trinajstić information content (AvgIpc) is 3.43. The number of hydrogen-bond acceptors (Lipinski definition) is 9. The van der Waals surface area contributed by atoms with Gasteiger partial charge in [0.05, 0.1) is 42.4 Å². The van der Waals surface area contributed by atoms with Crippen LogP contribution in [0.1, 0.15) is 88.7 Å². The molecule has 308 valence electrons. The van der Waals surface area contributed by atoms with E-state index in [4.69, 9.17) is 4.74 Å². The van der Waals surface area contributed by atoms with Gasteiger partial charge in [0.25, 0.3) is 0 Å². The number of benzene rings is 2. The van der Waals surface area contributed by atoms with Crippen molar-refractivity contribution in [1.82, 2.24) is 26.2 Å². The van der Waals surface area contributed by atoms with Crippen LogP contribution in [-0.2, 0) is 40.2 Å². The van der Waals surface area contributed by atoms with E-state index in [0.29, 0.717) is 50.6 Å².